The van der Waals surface area contributed by atoms with Crippen molar-refractivity contribution in [1.82, 2.24) is 29.4 Å². The highest BCUT2D eigenvalue weighted by Gasteiger charge is 2.43. The SMILES string of the molecule is COc1cc(N=C2C(=N)N3CCCN3C2=O)c(N)cc1NCCO.COc1cc(N=C2C(=N)N3CCCN3C2=O)c(N)cc1NCCO.COc1ccc(N)cc1NCCO.CS(=O)(=O)O.Nc1c(N)n2n(c1=O)CCC2. The van der Waals surface area contributed by atoms with E-state index in [2.05, 4.69) is 25.9 Å². The fraction of sp³-hybridized carbons (Fsp3) is 0.413. The normalized spacial score (nSPS) is 16.1. The van der Waals surface area contributed by atoms with Gasteiger partial charge in [0.05, 0.1) is 87.2 Å². The lowest BCUT2D eigenvalue weighted by atomic mass is 10.2. The summed E-state index contributed by atoms with van der Waals surface area (Å²) in [4.78, 5) is 44.6. The average molecular weight is 1100 g/mol. The molecular formula is C46H68N18O12S. The van der Waals surface area contributed by atoms with Crippen LogP contribution in [0.3, 0.4) is 0 Å². The summed E-state index contributed by atoms with van der Waals surface area (Å²) in [7, 11) is 0.948. The largest absolute Gasteiger partial charge is 0.495 e. The molecule has 0 bridgehead atoms. The van der Waals surface area contributed by atoms with E-state index >= 15 is 0 Å². The quantitative estimate of drug-likeness (QED) is 0.0574. The number of nitrogens with two attached hydrogens (primary N) is 5. The van der Waals surface area contributed by atoms with Gasteiger partial charge in [-0.15, -0.1) is 0 Å². The number of nitrogen functional groups attached to an aromatic ring is 5. The van der Waals surface area contributed by atoms with Gasteiger partial charge in [0.1, 0.15) is 28.8 Å². The monoisotopic (exact) mass is 1100 g/mol. The Kier molecular flexibility index (Phi) is 20.7. The molecule has 31 heteroatoms. The summed E-state index contributed by atoms with van der Waals surface area (Å²) < 4.78 is 44.9. The molecule has 420 valence electrons. The first-order valence-electron chi connectivity index (χ1n) is 23.9. The number of hydrogen-bond donors (Lipinski definition) is 14. The molecule has 0 saturated carbocycles. The topological polar surface area (TPSA) is 455 Å². The number of methoxy groups -OCH3 is 3. The molecule has 0 unspecified atom stereocenters. The number of amidine groups is 2. The van der Waals surface area contributed by atoms with Crippen molar-refractivity contribution in [3.05, 3.63) is 52.8 Å². The molecule has 0 radical (unpaired) electrons. The van der Waals surface area contributed by atoms with Crippen LogP contribution < -0.4 is 64.4 Å². The number of aliphatic hydroxyl groups excluding tert-OH is 3. The fourth-order valence-corrected chi connectivity index (χ4v) is 8.12. The number of amides is 2. The Morgan fingerprint density at radius 3 is 1.34 bits per heavy atom. The second kappa shape index (κ2) is 26.8. The summed E-state index contributed by atoms with van der Waals surface area (Å²) in [5.41, 5.74) is 33.0. The first-order chi connectivity index (χ1) is 36.6. The Morgan fingerprint density at radius 1 is 0.584 bits per heavy atom. The van der Waals surface area contributed by atoms with Crippen molar-refractivity contribution < 1.29 is 52.1 Å². The Bertz CT molecular complexity index is 2860. The third-order valence-corrected chi connectivity index (χ3v) is 11.6. The van der Waals surface area contributed by atoms with Gasteiger partial charge in [-0.3, -0.25) is 44.5 Å². The molecule has 19 N–H and O–H groups in total. The van der Waals surface area contributed by atoms with Crippen molar-refractivity contribution >= 4 is 102 Å². The van der Waals surface area contributed by atoms with Gasteiger partial charge in [0.2, 0.25) is 0 Å². The van der Waals surface area contributed by atoms with Crippen molar-refractivity contribution in [3.8, 4) is 17.2 Å². The van der Waals surface area contributed by atoms with Crippen LogP contribution in [-0.4, -0.2) is 186 Å². The van der Waals surface area contributed by atoms with Crippen LogP contribution in [0.25, 0.3) is 0 Å². The van der Waals surface area contributed by atoms with E-state index in [1.807, 2.05) is 0 Å². The van der Waals surface area contributed by atoms with E-state index in [4.69, 9.17) is 73.6 Å². The standard InChI is InChI=1S/2C15H20N6O3.C9H14N2O2.C6H10N4O.CH4O3S/c2*1-24-12-8-10(9(16)7-11(12)18-3-6-22)19-13-14(17)20-4-2-5-21(20)15(13)23;1-13-9-3-2-7(10)6-8(9)11-4-5-12;7-4-5(8)9-2-1-3-10(9)6(4)11;1-5(2,3)4/h2*7-8,17-18,22H,2-6,16H2,1H3;2-3,6,11-12H,4-5,10H2,1H3;1-3,7-8H2;1H3,(H,2,3,4). The zero-order valence-corrected chi connectivity index (χ0v) is 43.9. The van der Waals surface area contributed by atoms with Gasteiger partial charge in [-0.25, -0.2) is 24.7 Å². The second-order valence-electron chi connectivity index (χ2n) is 17.0. The van der Waals surface area contributed by atoms with Gasteiger partial charge in [0.15, 0.2) is 23.1 Å². The van der Waals surface area contributed by atoms with Crippen LogP contribution in [0.2, 0.25) is 0 Å². The van der Waals surface area contributed by atoms with Gasteiger partial charge < -0.3 is 74.1 Å². The predicted octanol–water partition coefficient (Wildman–Crippen LogP) is -0.208. The molecule has 1 aromatic heterocycles. The smallest absolute Gasteiger partial charge is 0.294 e. The maximum atomic E-state index is 12.4. The van der Waals surface area contributed by atoms with Crippen LogP contribution in [0.15, 0.2) is 57.2 Å². The fourth-order valence-electron chi connectivity index (χ4n) is 8.12. The van der Waals surface area contributed by atoms with Gasteiger partial charge in [0, 0.05) is 76.7 Å². The number of anilines is 8. The zero-order valence-electron chi connectivity index (χ0n) is 43.1. The number of nitrogens with zero attached hydrogens (tertiary/aromatic N) is 8. The Balaban J connectivity index is 0.000000192. The van der Waals surface area contributed by atoms with Crippen LogP contribution in [-0.2, 0) is 32.8 Å². The Hall–Kier alpha value is -8.52. The van der Waals surface area contributed by atoms with Crippen LogP contribution in [0.1, 0.15) is 19.3 Å². The maximum Gasteiger partial charge on any atom is 0.294 e. The molecule has 4 saturated heterocycles. The highest BCUT2D eigenvalue weighted by atomic mass is 32.2. The second-order valence-corrected chi connectivity index (χ2v) is 18.5. The minimum atomic E-state index is -3.67. The zero-order chi connectivity index (χ0) is 56.7. The molecule has 6 heterocycles. The van der Waals surface area contributed by atoms with Crippen molar-refractivity contribution in [2.45, 2.75) is 32.4 Å². The number of benzene rings is 3. The number of rotatable bonds is 14. The first-order valence-corrected chi connectivity index (χ1v) is 25.7. The van der Waals surface area contributed by atoms with E-state index in [0.717, 1.165) is 43.8 Å². The number of carbonyl (C=O) groups is 2. The summed E-state index contributed by atoms with van der Waals surface area (Å²) in [6.07, 6.45) is 3.39. The van der Waals surface area contributed by atoms with Gasteiger partial charge in [-0.2, -0.15) is 8.42 Å². The molecule has 30 nitrogen and oxygen atoms in total. The van der Waals surface area contributed by atoms with E-state index < -0.39 is 10.1 Å². The summed E-state index contributed by atoms with van der Waals surface area (Å²) in [5, 5.41) is 58.0. The molecule has 4 aromatic rings. The molecule has 0 spiro atoms. The van der Waals surface area contributed by atoms with Crippen LogP contribution in [0.5, 0.6) is 17.2 Å². The van der Waals surface area contributed by atoms with Crippen LogP contribution >= 0.6 is 0 Å². The van der Waals surface area contributed by atoms with E-state index in [-0.39, 0.29) is 66.0 Å². The number of nitrogens with one attached hydrogen (secondary N) is 5. The number of hydrogen-bond acceptors (Lipinski definition) is 23. The third kappa shape index (κ3) is 14.7. The molecule has 2 amide bonds. The molecule has 5 aliphatic rings. The average Bonchev–Trinajstić information content (AvgIpc) is 4.29. The highest BCUT2D eigenvalue weighted by molar-refractivity contribution is 7.85. The van der Waals surface area contributed by atoms with E-state index in [1.165, 1.54) is 24.2 Å². The Labute approximate surface area is 443 Å². The van der Waals surface area contributed by atoms with Crippen molar-refractivity contribution in [1.29, 1.82) is 10.8 Å². The summed E-state index contributed by atoms with van der Waals surface area (Å²) in [5.74, 6) is 1.76. The molecular weight excluding hydrogens is 1030 g/mol. The number of ether oxygens (including phenoxy) is 3. The summed E-state index contributed by atoms with van der Waals surface area (Å²) >= 11 is 0. The Morgan fingerprint density at radius 2 is 0.961 bits per heavy atom. The molecule has 3 aromatic carbocycles. The van der Waals surface area contributed by atoms with Crippen molar-refractivity contribution in [3.63, 3.8) is 0 Å². The van der Waals surface area contributed by atoms with E-state index in [9.17, 15) is 22.8 Å². The van der Waals surface area contributed by atoms with E-state index in [1.54, 1.807) is 69.0 Å². The molecule has 77 heavy (non-hydrogen) atoms. The number of aliphatic imine (C=N–C) groups is 2. The number of aliphatic hydroxyl groups is 3. The van der Waals surface area contributed by atoms with Crippen LogP contribution in [0, 0.1) is 10.8 Å². The van der Waals surface area contributed by atoms with Crippen molar-refractivity contribution in [2.75, 3.05) is 138 Å². The lowest BCUT2D eigenvalue weighted by molar-refractivity contribution is -0.129. The predicted molar refractivity (Wildman–Crippen MR) is 294 cm³/mol. The summed E-state index contributed by atoms with van der Waals surface area (Å²) in [6, 6.07) is 11.8. The third-order valence-electron chi connectivity index (χ3n) is 11.6. The molecule has 4 fully saturated rings. The van der Waals surface area contributed by atoms with Gasteiger partial charge in [0.25, 0.3) is 27.5 Å². The molecule has 5 aliphatic heterocycles. The highest BCUT2D eigenvalue weighted by Crippen LogP contribution is 2.37. The van der Waals surface area contributed by atoms with Gasteiger partial charge in [-0.05, 0) is 49.6 Å². The number of fused-ring (bicyclic) bond motifs is 3. The lowest BCUT2D eigenvalue weighted by Crippen LogP contribution is -2.33. The lowest BCUT2D eigenvalue weighted by Gasteiger charge is -2.17. The van der Waals surface area contributed by atoms with Gasteiger partial charge in [-0.1, -0.05) is 0 Å². The summed E-state index contributed by atoms with van der Waals surface area (Å²) in [6.45, 7) is 5.27. The number of aromatic nitrogens is 2. The minimum absolute atomic E-state index is 0.0234. The molecule has 0 atom stereocenters. The van der Waals surface area contributed by atoms with E-state index in [0.29, 0.717) is 109 Å². The van der Waals surface area contributed by atoms with Crippen molar-refractivity contribution in [2.24, 2.45) is 9.98 Å². The van der Waals surface area contributed by atoms with Gasteiger partial charge >= 0.3 is 0 Å². The minimum Gasteiger partial charge on any atom is -0.495 e. The first kappa shape index (κ1) is 59.4. The molecule has 0 aliphatic carbocycles. The molecule has 9 rings (SSSR count). The number of carbonyl (C=O) groups excluding carboxylic acids is 2. The maximum absolute atomic E-state index is 12.4. The van der Waals surface area contributed by atoms with Crippen LogP contribution in [0.4, 0.5) is 57.0 Å². The number of hydrazine groups is 2.